The zero-order valence-electron chi connectivity index (χ0n) is 8.58. The van der Waals surface area contributed by atoms with Crippen molar-refractivity contribution in [2.75, 3.05) is 0 Å². The van der Waals surface area contributed by atoms with E-state index in [1.165, 1.54) is 0 Å². The van der Waals surface area contributed by atoms with Crippen molar-refractivity contribution in [1.29, 1.82) is 5.26 Å². The zero-order valence-corrected chi connectivity index (χ0v) is 9.40. The summed E-state index contributed by atoms with van der Waals surface area (Å²) in [4.78, 5) is 4.35. The lowest BCUT2D eigenvalue weighted by Gasteiger charge is -2.11. The quantitative estimate of drug-likeness (QED) is 0.809. The lowest BCUT2D eigenvalue weighted by molar-refractivity contribution is 0.504. The molecule has 0 aliphatic rings. The maximum atomic E-state index is 8.57. The van der Waals surface area contributed by atoms with Crippen LogP contribution in [0.4, 0.5) is 0 Å². The van der Waals surface area contributed by atoms with Crippen LogP contribution < -0.4 is 5.32 Å². The molecule has 1 unspecified atom stereocenters. The summed E-state index contributed by atoms with van der Waals surface area (Å²) in [6.07, 6.45) is 1.55. The minimum atomic E-state index is 0.296. The molecule has 1 rings (SSSR count). The summed E-state index contributed by atoms with van der Waals surface area (Å²) in [5.74, 6) is 0. The maximum absolute atomic E-state index is 8.57. The Morgan fingerprint density at radius 3 is 3.00 bits per heavy atom. The first-order chi connectivity index (χ1) is 6.76. The van der Waals surface area contributed by atoms with Crippen molar-refractivity contribution in [2.45, 2.75) is 39.3 Å². The standard InChI is InChI=1S/C10H15N3S/c1-3-9(4-5-11)12-6-10-13-8(2)7-14-10/h7,9,12H,3-4,6H2,1-2H3. The fraction of sp³-hybridized carbons (Fsp3) is 0.600. The summed E-state index contributed by atoms with van der Waals surface area (Å²) in [5.41, 5.74) is 1.07. The van der Waals surface area contributed by atoms with Crippen LogP contribution in [0.15, 0.2) is 5.38 Å². The topological polar surface area (TPSA) is 48.7 Å². The van der Waals surface area contributed by atoms with Crippen LogP contribution in [0.2, 0.25) is 0 Å². The molecule has 0 fully saturated rings. The number of aryl methyl sites for hydroxylation is 1. The molecule has 76 valence electrons. The number of aromatic nitrogens is 1. The van der Waals surface area contributed by atoms with Gasteiger partial charge in [-0.25, -0.2) is 4.98 Å². The van der Waals surface area contributed by atoms with Crippen molar-refractivity contribution in [2.24, 2.45) is 0 Å². The molecule has 0 saturated heterocycles. The number of thiazole rings is 1. The SMILES string of the molecule is CCC(CC#N)NCc1nc(C)cs1. The van der Waals surface area contributed by atoms with Crippen molar-refractivity contribution >= 4 is 11.3 Å². The summed E-state index contributed by atoms with van der Waals surface area (Å²) in [5, 5.41) is 15.0. The molecule has 1 atom stereocenters. The minimum absolute atomic E-state index is 0.296. The third kappa shape index (κ3) is 3.44. The molecule has 4 heteroatoms. The number of nitrogens with zero attached hydrogens (tertiary/aromatic N) is 2. The first kappa shape index (κ1) is 11.2. The van der Waals surface area contributed by atoms with Gasteiger partial charge >= 0.3 is 0 Å². The highest BCUT2D eigenvalue weighted by molar-refractivity contribution is 7.09. The lowest BCUT2D eigenvalue weighted by Crippen LogP contribution is -2.27. The third-order valence-electron chi connectivity index (χ3n) is 2.04. The summed E-state index contributed by atoms with van der Waals surface area (Å²) < 4.78 is 0. The Balaban J connectivity index is 2.36. The molecule has 1 N–H and O–H groups in total. The number of hydrogen-bond donors (Lipinski definition) is 1. The smallest absolute Gasteiger partial charge is 0.107 e. The summed E-state index contributed by atoms with van der Waals surface area (Å²) in [6.45, 7) is 4.85. The van der Waals surface area contributed by atoms with Crippen LogP contribution in [0.25, 0.3) is 0 Å². The fourth-order valence-corrected chi connectivity index (χ4v) is 1.91. The molecule has 0 amide bonds. The van der Waals surface area contributed by atoms with Crippen LogP contribution in [-0.4, -0.2) is 11.0 Å². The predicted molar refractivity (Wildman–Crippen MR) is 58.0 cm³/mol. The van der Waals surface area contributed by atoms with Gasteiger partial charge in [-0.15, -0.1) is 11.3 Å². The van der Waals surface area contributed by atoms with Crippen LogP contribution >= 0.6 is 11.3 Å². The first-order valence-electron chi connectivity index (χ1n) is 4.77. The van der Waals surface area contributed by atoms with Crippen molar-refractivity contribution < 1.29 is 0 Å². The Bertz CT molecular complexity index is 313. The van der Waals surface area contributed by atoms with Gasteiger partial charge in [0.2, 0.25) is 0 Å². The molecule has 0 bridgehead atoms. The van der Waals surface area contributed by atoms with Gasteiger partial charge in [-0.2, -0.15) is 5.26 Å². The van der Waals surface area contributed by atoms with E-state index >= 15 is 0 Å². The fourth-order valence-electron chi connectivity index (χ4n) is 1.19. The zero-order chi connectivity index (χ0) is 10.4. The average molecular weight is 209 g/mol. The number of nitriles is 1. The molecule has 1 heterocycles. The van der Waals surface area contributed by atoms with Crippen LogP contribution in [0, 0.1) is 18.3 Å². The summed E-state index contributed by atoms with van der Waals surface area (Å²) >= 11 is 1.66. The second-order valence-electron chi connectivity index (χ2n) is 3.23. The van der Waals surface area contributed by atoms with Gasteiger partial charge in [0.1, 0.15) is 5.01 Å². The van der Waals surface area contributed by atoms with Gasteiger partial charge in [0.05, 0.1) is 12.5 Å². The molecule has 1 aromatic rings. The average Bonchev–Trinajstić information content (AvgIpc) is 2.59. The minimum Gasteiger partial charge on any atom is -0.307 e. The predicted octanol–water partition coefficient (Wildman–Crippen LogP) is 2.23. The first-order valence-corrected chi connectivity index (χ1v) is 5.65. The normalized spacial score (nSPS) is 12.4. The Morgan fingerprint density at radius 1 is 1.71 bits per heavy atom. The Morgan fingerprint density at radius 2 is 2.50 bits per heavy atom. The van der Waals surface area contributed by atoms with E-state index in [1.54, 1.807) is 11.3 Å². The van der Waals surface area contributed by atoms with Gasteiger partial charge in [0, 0.05) is 23.7 Å². The Hall–Kier alpha value is -0.920. The van der Waals surface area contributed by atoms with Gasteiger partial charge in [0.25, 0.3) is 0 Å². The van der Waals surface area contributed by atoms with E-state index in [1.807, 2.05) is 12.3 Å². The van der Waals surface area contributed by atoms with E-state index in [2.05, 4.69) is 23.3 Å². The molecule has 1 aromatic heterocycles. The lowest BCUT2D eigenvalue weighted by atomic mass is 10.2. The van der Waals surface area contributed by atoms with E-state index in [4.69, 9.17) is 5.26 Å². The van der Waals surface area contributed by atoms with Crippen LogP contribution in [-0.2, 0) is 6.54 Å². The second kappa shape index (κ2) is 5.74. The van der Waals surface area contributed by atoms with Gasteiger partial charge in [-0.3, -0.25) is 0 Å². The van der Waals surface area contributed by atoms with Crippen molar-refractivity contribution in [3.63, 3.8) is 0 Å². The van der Waals surface area contributed by atoms with Gasteiger partial charge < -0.3 is 5.32 Å². The van der Waals surface area contributed by atoms with E-state index in [-0.39, 0.29) is 0 Å². The van der Waals surface area contributed by atoms with E-state index in [9.17, 15) is 0 Å². The molecule has 0 radical (unpaired) electrons. The van der Waals surface area contributed by atoms with E-state index in [0.29, 0.717) is 12.5 Å². The molecule has 0 aliphatic carbocycles. The number of rotatable bonds is 5. The van der Waals surface area contributed by atoms with E-state index < -0.39 is 0 Å². The highest BCUT2D eigenvalue weighted by atomic mass is 32.1. The van der Waals surface area contributed by atoms with Crippen molar-refractivity contribution in [3.05, 3.63) is 16.1 Å². The second-order valence-corrected chi connectivity index (χ2v) is 4.17. The van der Waals surface area contributed by atoms with Gasteiger partial charge in [-0.1, -0.05) is 6.92 Å². The Labute approximate surface area is 88.8 Å². The summed E-state index contributed by atoms with van der Waals surface area (Å²) in [7, 11) is 0. The maximum Gasteiger partial charge on any atom is 0.107 e. The molecule has 0 spiro atoms. The van der Waals surface area contributed by atoms with E-state index in [0.717, 1.165) is 23.7 Å². The van der Waals surface area contributed by atoms with Gasteiger partial charge in [0.15, 0.2) is 0 Å². The number of hydrogen-bond acceptors (Lipinski definition) is 4. The highest BCUT2D eigenvalue weighted by Crippen LogP contribution is 2.09. The molecule has 0 saturated carbocycles. The summed E-state index contributed by atoms with van der Waals surface area (Å²) in [6, 6.07) is 2.48. The van der Waals surface area contributed by atoms with Crippen molar-refractivity contribution in [3.8, 4) is 6.07 Å². The third-order valence-corrected chi connectivity index (χ3v) is 3.01. The monoisotopic (exact) mass is 209 g/mol. The molecular formula is C10H15N3S. The number of nitrogens with one attached hydrogen (secondary N) is 1. The molecule has 0 aromatic carbocycles. The largest absolute Gasteiger partial charge is 0.307 e. The van der Waals surface area contributed by atoms with Gasteiger partial charge in [-0.05, 0) is 13.3 Å². The molecule has 0 aliphatic heterocycles. The highest BCUT2D eigenvalue weighted by Gasteiger charge is 2.05. The molecular weight excluding hydrogens is 194 g/mol. The van der Waals surface area contributed by atoms with Crippen LogP contribution in [0.3, 0.4) is 0 Å². The van der Waals surface area contributed by atoms with Crippen LogP contribution in [0.1, 0.15) is 30.5 Å². The van der Waals surface area contributed by atoms with Crippen molar-refractivity contribution in [1.82, 2.24) is 10.3 Å². The Kier molecular flexibility index (Phi) is 4.57. The molecule has 14 heavy (non-hydrogen) atoms. The molecule has 3 nitrogen and oxygen atoms in total. The van der Waals surface area contributed by atoms with Crippen LogP contribution in [0.5, 0.6) is 0 Å².